The minimum atomic E-state index is 0.127. The molecule has 2 fully saturated rings. The van der Waals surface area contributed by atoms with Crippen LogP contribution in [0.1, 0.15) is 22.9 Å². The van der Waals surface area contributed by atoms with E-state index in [0.717, 1.165) is 50.8 Å². The van der Waals surface area contributed by atoms with E-state index in [1.807, 2.05) is 22.5 Å². The highest BCUT2D eigenvalue weighted by atomic mass is 32.1. The molecule has 1 aromatic carbocycles. The number of nitrogens with zero attached hydrogens (tertiary/aromatic N) is 3. The molecule has 0 spiro atoms. The Hall–Kier alpha value is -1.76. The first-order chi connectivity index (χ1) is 12.8. The Balaban J connectivity index is 1.39. The molecule has 1 aliphatic heterocycles. The topological polar surface area (TPSA) is 45.7 Å². The smallest absolute Gasteiger partial charge is 0.226 e. The predicted octanol–water partition coefficient (Wildman–Crippen LogP) is 2.61. The molecule has 2 aromatic rings. The van der Waals surface area contributed by atoms with Crippen molar-refractivity contribution in [1.82, 2.24) is 14.8 Å². The molecule has 0 unspecified atom stereocenters. The summed E-state index contributed by atoms with van der Waals surface area (Å²) in [5.41, 5.74) is 1.29. The van der Waals surface area contributed by atoms with Crippen LogP contribution < -0.4 is 0 Å². The van der Waals surface area contributed by atoms with Crippen molar-refractivity contribution in [3.05, 3.63) is 52.5 Å². The van der Waals surface area contributed by atoms with Crippen LogP contribution in [0.4, 0.5) is 0 Å². The van der Waals surface area contributed by atoms with Gasteiger partial charge in [0, 0.05) is 43.7 Å². The van der Waals surface area contributed by atoms with Crippen LogP contribution in [-0.2, 0) is 16.1 Å². The van der Waals surface area contributed by atoms with Gasteiger partial charge in [0.2, 0.25) is 5.91 Å². The van der Waals surface area contributed by atoms with E-state index in [9.17, 15) is 4.79 Å². The Morgan fingerprint density at radius 2 is 2.08 bits per heavy atom. The second-order valence-electron chi connectivity index (χ2n) is 7.00. The van der Waals surface area contributed by atoms with E-state index in [-0.39, 0.29) is 11.8 Å². The van der Waals surface area contributed by atoms with Gasteiger partial charge < -0.3 is 9.64 Å². The Kier molecular flexibility index (Phi) is 5.62. The number of carbonyl (C=O) groups is 1. The summed E-state index contributed by atoms with van der Waals surface area (Å²) in [7, 11) is 0. The fourth-order valence-corrected chi connectivity index (χ4v) is 4.25. The zero-order valence-corrected chi connectivity index (χ0v) is 15.7. The number of hydrogen-bond acceptors (Lipinski definition) is 5. The van der Waals surface area contributed by atoms with Gasteiger partial charge in [-0.1, -0.05) is 30.3 Å². The highest BCUT2D eigenvalue weighted by Gasteiger charge is 2.45. The van der Waals surface area contributed by atoms with E-state index < -0.39 is 0 Å². The van der Waals surface area contributed by atoms with E-state index in [2.05, 4.69) is 34.1 Å². The molecule has 2 atom stereocenters. The molecule has 26 heavy (non-hydrogen) atoms. The summed E-state index contributed by atoms with van der Waals surface area (Å²) >= 11 is 1.62. The van der Waals surface area contributed by atoms with Crippen LogP contribution in [0.3, 0.4) is 0 Å². The van der Waals surface area contributed by atoms with Gasteiger partial charge in [0.1, 0.15) is 5.01 Å². The monoisotopic (exact) mass is 371 g/mol. The van der Waals surface area contributed by atoms with Crippen molar-refractivity contribution in [2.75, 3.05) is 39.4 Å². The van der Waals surface area contributed by atoms with Crippen molar-refractivity contribution < 1.29 is 9.53 Å². The van der Waals surface area contributed by atoms with Crippen molar-refractivity contribution in [3.8, 4) is 0 Å². The van der Waals surface area contributed by atoms with Crippen molar-refractivity contribution >= 4 is 17.2 Å². The molecule has 1 aromatic heterocycles. The van der Waals surface area contributed by atoms with Gasteiger partial charge in [-0.05, 0) is 17.9 Å². The number of carbonyl (C=O) groups excluding carboxylic acids is 1. The van der Waals surface area contributed by atoms with Crippen LogP contribution in [0.2, 0.25) is 0 Å². The highest BCUT2D eigenvalue weighted by molar-refractivity contribution is 7.09. The Morgan fingerprint density at radius 3 is 2.81 bits per heavy atom. The average Bonchev–Trinajstić information content (AvgIpc) is 3.34. The molecule has 2 aliphatic rings. The number of benzene rings is 1. The van der Waals surface area contributed by atoms with Crippen LogP contribution in [-0.4, -0.2) is 60.1 Å². The van der Waals surface area contributed by atoms with Crippen molar-refractivity contribution in [1.29, 1.82) is 0 Å². The highest BCUT2D eigenvalue weighted by Crippen LogP contribution is 2.48. The minimum absolute atomic E-state index is 0.127. The van der Waals surface area contributed by atoms with E-state index in [1.54, 1.807) is 11.3 Å². The number of hydrogen-bond donors (Lipinski definition) is 0. The first-order valence-corrected chi connectivity index (χ1v) is 10.2. The molecule has 4 rings (SSSR count). The molecule has 1 amide bonds. The number of thiazole rings is 1. The zero-order chi connectivity index (χ0) is 17.8. The lowest BCUT2D eigenvalue weighted by molar-refractivity contribution is -0.133. The van der Waals surface area contributed by atoms with Gasteiger partial charge in [-0.15, -0.1) is 11.3 Å². The van der Waals surface area contributed by atoms with Crippen molar-refractivity contribution in [2.45, 2.75) is 18.9 Å². The molecule has 2 heterocycles. The third kappa shape index (κ3) is 4.31. The zero-order valence-electron chi connectivity index (χ0n) is 14.9. The van der Waals surface area contributed by atoms with Crippen LogP contribution in [0.25, 0.3) is 0 Å². The lowest BCUT2D eigenvalue weighted by Gasteiger charge is -2.30. The molecule has 1 aliphatic carbocycles. The van der Waals surface area contributed by atoms with Gasteiger partial charge in [-0.3, -0.25) is 9.69 Å². The molecular weight excluding hydrogens is 346 g/mol. The first kappa shape index (κ1) is 17.6. The molecule has 6 heteroatoms. The van der Waals surface area contributed by atoms with Crippen LogP contribution >= 0.6 is 11.3 Å². The fourth-order valence-electron chi connectivity index (χ4n) is 3.62. The minimum Gasteiger partial charge on any atom is -0.379 e. The largest absolute Gasteiger partial charge is 0.379 e. The van der Waals surface area contributed by atoms with Gasteiger partial charge >= 0.3 is 0 Å². The maximum absolute atomic E-state index is 13.1. The molecule has 1 saturated heterocycles. The lowest BCUT2D eigenvalue weighted by Crippen LogP contribution is -2.43. The van der Waals surface area contributed by atoms with E-state index >= 15 is 0 Å². The molecule has 0 radical (unpaired) electrons. The summed E-state index contributed by atoms with van der Waals surface area (Å²) in [6.07, 6.45) is 2.78. The number of amides is 1. The number of morpholine rings is 1. The molecule has 1 saturated carbocycles. The maximum Gasteiger partial charge on any atom is 0.226 e. The predicted molar refractivity (Wildman–Crippen MR) is 102 cm³/mol. The normalized spacial score (nSPS) is 22.9. The molecule has 0 bridgehead atoms. The van der Waals surface area contributed by atoms with E-state index in [0.29, 0.717) is 12.5 Å². The Morgan fingerprint density at radius 1 is 1.27 bits per heavy atom. The quantitative estimate of drug-likeness (QED) is 0.751. The molecule has 0 N–H and O–H groups in total. The van der Waals surface area contributed by atoms with Gasteiger partial charge in [0.15, 0.2) is 0 Å². The van der Waals surface area contributed by atoms with E-state index in [4.69, 9.17) is 4.74 Å². The van der Waals surface area contributed by atoms with Crippen LogP contribution in [0.5, 0.6) is 0 Å². The Bertz CT molecular complexity index is 701. The average molecular weight is 372 g/mol. The summed E-state index contributed by atoms with van der Waals surface area (Å²) in [5.74, 6) is 0.787. The fraction of sp³-hybridized carbons (Fsp3) is 0.500. The number of ether oxygens (including phenoxy) is 1. The standard InChI is InChI=1S/C20H25N3O2S/c24-20(18-14-17(18)16-4-2-1-3-5-16)23(15-19-21-6-13-26-19)8-7-22-9-11-25-12-10-22/h1-6,13,17-18H,7-12,14-15H2/t17-,18-/m0/s1. The third-order valence-electron chi connectivity index (χ3n) is 5.25. The molecule has 5 nitrogen and oxygen atoms in total. The van der Waals surface area contributed by atoms with Crippen LogP contribution in [0, 0.1) is 5.92 Å². The summed E-state index contributed by atoms with van der Waals surface area (Å²) in [4.78, 5) is 21.9. The summed E-state index contributed by atoms with van der Waals surface area (Å²) in [5, 5.41) is 2.99. The first-order valence-electron chi connectivity index (χ1n) is 9.33. The summed E-state index contributed by atoms with van der Waals surface area (Å²) < 4.78 is 5.42. The summed E-state index contributed by atoms with van der Waals surface area (Å²) in [6.45, 7) is 5.78. The van der Waals surface area contributed by atoms with Crippen molar-refractivity contribution in [3.63, 3.8) is 0 Å². The van der Waals surface area contributed by atoms with Gasteiger partial charge in [-0.2, -0.15) is 0 Å². The SMILES string of the molecule is O=C([C@H]1C[C@H]1c1ccccc1)N(CCN1CCOCC1)Cc1nccs1. The van der Waals surface area contributed by atoms with Gasteiger partial charge in [0.05, 0.1) is 19.8 Å². The van der Waals surface area contributed by atoms with E-state index in [1.165, 1.54) is 5.56 Å². The number of aromatic nitrogens is 1. The number of rotatable bonds is 7. The van der Waals surface area contributed by atoms with Crippen LogP contribution in [0.15, 0.2) is 41.9 Å². The third-order valence-corrected chi connectivity index (χ3v) is 6.01. The Labute approximate surface area is 158 Å². The lowest BCUT2D eigenvalue weighted by atomic mass is 10.1. The second-order valence-corrected chi connectivity index (χ2v) is 7.98. The molecule has 138 valence electrons. The van der Waals surface area contributed by atoms with Gasteiger partial charge in [-0.25, -0.2) is 4.98 Å². The maximum atomic E-state index is 13.1. The molecular formula is C20H25N3O2S. The van der Waals surface area contributed by atoms with Crippen molar-refractivity contribution in [2.24, 2.45) is 5.92 Å². The summed E-state index contributed by atoms with van der Waals surface area (Å²) in [6, 6.07) is 10.4. The second kappa shape index (κ2) is 8.29. The van der Waals surface area contributed by atoms with Gasteiger partial charge in [0.25, 0.3) is 0 Å².